The van der Waals surface area contributed by atoms with Crippen LogP contribution >= 0.6 is 0 Å². The van der Waals surface area contributed by atoms with Crippen molar-refractivity contribution in [3.8, 4) is 11.3 Å². The number of aromatic nitrogens is 2. The maximum absolute atomic E-state index is 13.0. The normalized spacial score (nSPS) is 15.8. The van der Waals surface area contributed by atoms with Gasteiger partial charge >= 0.3 is 0 Å². The zero-order chi connectivity index (χ0) is 20.0. The SMILES string of the molecule is CC(C)c1cnc(-c2[c-]cc(F)cc2)c(C(C)C)n1.O=C(O)C1CCC[N-]1.[Ir]. The smallest absolute Gasteiger partial charge is 0.285 e. The summed E-state index contributed by atoms with van der Waals surface area (Å²) in [5.74, 6) is -0.458. The monoisotopic (exact) mass is 564 g/mol. The third-order valence-electron chi connectivity index (χ3n) is 4.26. The van der Waals surface area contributed by atoms with E-state index in [1.807, 2.05) is 0 Å². The minimum atomic E-state index is -0.775. The number of carbonyl (C=O) groups is 1. The van der Waals surface area contributed by atoms with Gasteiger partial charge in [0.15, 0.2) is 0 Å². The second kappa shape index (κ2) is 11.3. The number of nitrogens with zero attached hydrogens (tertiary/aromatic N) is 3. The van der Waals surface area contributed by atoms with Gasteiger partial charge in [0.1, 0.15) is 0 Å². The number of rotatable bonds is 4. The molecule has 1 aromatic carbocycles. The van der Waals surface area contributed by atoms with Crippen LogP contribution in [0, 0.1) is 11.9 Å². The van der Waals surface area contributed by atoms with Crippen molar-refractivity contribution in [2.24, 2.45) is 0 Å². The van der Waals surface area contributed by atoms with Gasteiger partial charge < -0.3 is 15.4 Å². The molecule has 1 saturated heterocycles. The van der Waals surface area contributed by atoms with E-state index in [1.54, 1.807) is 12.3 Å². The van der Waals surface area contributed by atoms with Crippen molar-refractivity contribution in [2.75, 3.05) is 6.54 Å². The molecule has 1 atom stereocenters. The van der Waals surface area contributed by atoms with Gasteiger partial charge in [-0.1, -0.05) is 40.5 Å². The molecule has 1 aliphatic heterocycles. The Morgan fingerprint density at radius 3 is 2.43 bits per heavy atom. The maximum atomic E-state index is 13.0. The molecule has 0 amide bonds. The van der Waals surface area contributed by atoms with Gasteiger partial charge in [-0.05, 0) is 17.9 Å². The van der Waals surface area contributed by atoms with Crippen molar-refractivity contribution >= 4 is 5.97 Å². The van der Waals surface area contributed by atoms with Gasteiger partial charge in [-0.3, -0.25) is 14.2 Å². The van der Waals surface area contributed by atoms with Crippen molar-refractivity contribution < 1.29 is 34.4 Å². The Kier molecular flexibility index (Phi) is 9.86. The zero-order valence-electron chi connectivity index (χ0n) is 16.6. The molecule has 2 aromatic rings. The molecule has 0 bridgehead atoms. The summed E-state index contributed by atoms with van der Waals surface area (Å²) >= 11 is 0. The summed E-state index contributed by atoms with van der Waals surface area (Å²) in [6.07, 6.45) is 3.47. The summed E-state index contributed by atoms with van der Waals surface area (Å²) in [5, 5.41) is 12.2. The standard InChI is InChI=1S/C16H18FN2.C5H8NO2.Ir/c1-10(2)14-9-18-16(15(19-14)11(3)4)12-5-7-13(17)8-6-12;7-5(8)4-2-1-3-6-4;/h5,7-11H,1-4H3;4H,1-3H2,(H,7,8);/q2*-1;. The molecule has 1 unspecified atom stereocenters. The average molecular weight is 564 g/mol. The van der Waals surface area contributed by atoms with E-state index in [0.717, 1.165) is 42.0 Å². The second-order valence-corrected chi connectivity index (χ2v) is 7.16. The second-order valence-electron chi connectivity index (χ2n) is 7.16. The number of hydrogen-bond donors (Lipinski definition) is 1. The van der Waals surface area contributed by atoms with Crippen LogP contribution in [0.5, 0.6) is 0 Å². The Morgan fingerprint density at radius 1 is 1.29 bits per heavy atom. The Morgan fingerprint density at radius 2 is 2.00 bits per heavy atom. The molecule has 1 aromatic heterocycles. The molecule has 1 radical (unpaired) electrons. The largest absolute Gasteiger partial charge is 0.650 e. The van der Waals surface area contributed by atoms with Crippen LogP contribution in [0.25, 0.3) is 16.6 Å². The van der Waals surface area contributed by atoms with Gasteiger partial charge in [-0.2, -0.15) is 0 Å². The summed E-state index contributed by atoms with van der Waals surface area (Å²) in [6, 6.07) is 6.98. The van der Waals surface area contributed by atoms with Gasteiger partial charge in [-0.25, -0.2) is 0 Å². The van der Waals surface area contributed by atoms with Crippen LogP contribution in [0.4, 0.5) is 4.39 Å². The maximum Gasteiger partial charge on any atom is 0.285 e. The molecule has 5 nitrogen and oxygen atoms in total. The topological polar surface area (TPSA) is 77.2 Å². The Hall–Kier alpha value is -1.69. The van der Waals surface area contributed by atoms with E-state index in [4.69, 9.17) is 10.1 Å². The van der Waals surface area contributed by atoms with Crippen LogP contribution < -0.4 is 0 Å². The van der Waals surface area contributed by atoms with Crippen molar-refractivity contribution in [3.05, 3.63) is 53.0 Å². The molecule has 0 saturated carbocycles. The van der Waals surface area contributed by atoms with Crippen LogP contribution in [-0.4, -0.2) is 33.6 Å². The van der Waals surface area contributed by atoms with Gasteiger partial charge in [0.2, 0.25) is 0 Å². The van der Waals surface area contributed by atoms with Crippen molar-refractivity contribution in [2.45, 2.75) is 58.4 Å². The van der Waals surface area contributed by atoms with E-state index in [1.165, 1.54) is 12.1 Å². The minimum Gasteiger partial charge on any atom is -0.650 e. The molecule has 155 valence electrons. The summed E-state index contributed by atoms with van der Waals surface area (Å²) in [5.41, 5.74) is 3.50. The molecule has 1 fully saturated rings. The molecule has 7 heteroatoms. The molecule has 1 aliphatic rings. The first-order valence-electron chi connectivity index (χ1n) is 9.23. The number of halogens is 1. The average Bonchev–Trinajstić information content (AvgIpc) is 3.17. The number of aliphatic carboxylic acids is 1. The Labute approximate surface area is 179 Å². The number of hydrogen-bond acceptors (Lipinski definition) is 3. The molecule has 3 rings (SSSR count). The van der Waals surface area contributed by atoms with Crippen LogP contribution in [0.3, 0.4) is 0 Å². The first-order chi connectivity index (χ1) is 12.8. The Balaban J connectivity index is 0.000000367. The van der Waals surface area contributed by atoms with E-state index in [-0.39, 0.29) is 31.8 Å². The van der Waals surface area contributed by atoms with Gasteiger partial charge in [0.25, 0.3) is 5.97 Å². The quantitative estimate of drug-likeness (QED) is 0.535. The van der Waals surface area contributed by atoms with E-state index in [9.17, 15) is 9.18 Å². The number of carboxylic acid groups (broad SMARTS) is 1. The summed E-state index contributed by atoms with van der Waals surface area (Å²) in [7, 11) is 0. The fraction of sp³-hybridized carbons (Fsp3) is 0.476. The molecule has 0 spiro atoms. The fourth-order valence-electron chi connectivity index (χ4n) is 2.68. The van der Waals surface area contributed by atoms with Crippen molar-refractivity contribution in [1.82, 2.24) is 9.97 Å². The Bertz CT molecular complexity index is 761. The molecule has 0 aliphatic carbocycles. The first kappa shape index (κ1) is 24.3. The van der Waals surface area contributed by atoms with Gasteiger partial charge in [0.05, 0.1) is 5.69 Å². The van der Waals surface area contributed by atoms with Crippen molar-refractivity contribution in [3.63, 3.8) is 0 Å². The van der Waals surface area contributed by atoms with Crippen LogP contribution in [-0.2, 0) is 24.9 Å². The minimum absolute atomic E-state index is 0. The fourth-order valence-corrected chi connectivity index (χ4v) is 2.68. The number of carboxylic acids is 1. The predicted octanol–water partition coefficient (Wildman–Crippen LogP) is 4.93. The molecule has 28 heavy (non-hydrogen) atoms. The third-order valence-corrected chi connectivity index (χ3v) is 4.26. The summed E-state index contributed by atoms with van der Waals surface area (Å²) < 4.78 is 13.0. The molecular weight excluding hydrogens is 537 g/mol. The van der Waals surface area contributed by atoms with E-state index in [0.29, 0.717) is 5.92 Å². The van der Waals surface area contributed by atoms with Gasteiger partial charge in [0, 0.05) is 43.5 Å². The molecular formula is C21H26FIrN3O2-2. The van der Waals surface area contributed by atoms with Crippen LogP contribution in [0.15, 0.2) is 24.4 Å². The van der Waals surface area contributed by atoms with E-state index >= 15 is 0 Å². The molecule has 2 heterocycles. The predicted molar refractivity (Wildman–Crippen MR) is 103 cm³/mol. The van der Waals surface area contributed by atoms with E-state index < -0.39 is 12.0 Å². The summed E-state index contributed by atoms with van der Waals surface area (Å²) in [4.78, 5) is 19.3. The van der Waals surface area contributed by atoms with Gasteiger partial charge in [-0.15, -0.1) is 36.4 Å². The molecule has 1 N–H and O–H groups in total. The first-order valence-corrected chi connectivity index (χ1v) is 9.23. The zero-order valence-corrected chi connectivity index (χ0v) is 19.0. The van der Waals surface area contributed by atoms with Crippen molar-refractivity contribution in [1.29, 1.82) is 0 Å². The third kappa shape index (κ3) is 6.73. The summed E-state index contributed by atoms with van der Waals surface area (Å²) in [6.45, 7) is 9.09. The van der Waals surface area contributed by atoms with Crippen LogP contribution in [0.2, 0.25) is 0 Å². The van der Waals surface area contributed by atoms with E-state index in [2.05, 4.69) is 44.1 Å². The number of benzene rings is 1. The van der Waals surface area contributed by atoms with Crippen LogP contribution in [0.1, 0.15) is 63.8 Å².